The van der Waals surface area contributed by atoms with Crippen LogP contribution in [0.4, 0.5) is 5.82 Å². The van der Waals surface area contributed by atoms with Gasteiger partial charge in [-0.15, -0.1) is 11.3 Å². The summed E-state index contributed by atoms with van der Waals surface area (Å²) in [7, 11) is 0. The van der Waals surface area contributed by atoms with Crippen molar-refractivity contribution in [2.75, 3.05) is 18.0 Å². The number of piperidine rings is 1. The molecule has 0 aliphatic carbocycles. The zero-order chi connectivity index (χ0) is 14.1. The Morgan fingerprint density at radius 3 is 2.85 bits per heavy atom. The third-order valence-electron chi connectivity index (χ3n) is 4.15. The quantitative estimate of drug-likeness (QED) is 0.944. The third kappa shape index (κ3) is 2.65. The van der Waals surface area contributed by atoms with Gasteiger partial charge in [0.1, 0.15) is 17.0 Å². The molecule has 0 amide bonds. The fraction of sp³-hybridized carbons (Fsp3) is 0.600. The fourth-order valence-electron chi connectivity index (χ4n) is 3.14. The van der Waals surface area contributed by atoms with Crippen molar-refractivity contribution < 1.29 is 0 Å². The van der Waals surface area contributed by atoms with E-state index < -0.39 is 0 Å². The zero-order valence-electron chi connectivity index (χ0n) is 12.2. The Bertz CT molecular complexity index is 585. The van der Waals surface area contributed by atoms with E-state index in [0.29, 0.717) is 6.04 Å². The van der Waals surface area contributed by atoms with Crippen LogP contribution in [-0.2, 0) is 0 Å². The molecule has 0 radical (unpaired) electrons. The van der Waals surface area contributed by atoms with Crippen molar-refractivity contribution in [3.8, 4) is 0 Å². The first kappa shape index (κ1) is 13.8. The lowest BCUT2D eigenvalue weighted by Gasteiger charge is -2.33. The molecule has 0 aromatic carbocycles. The van der Waals surface area contributed by atoms with Crippen LogP contribution < -0.4 is 10.6 Å². The first-order valence-corrected chi connectivity index (χ1v) is 8.22. The summed E-state index contributed by atoms with van der Waals surface area (Å²) < 4.78 is 0. The molecule has 3 rings (SSSR count). The highest BCUT2D eigenvalue weighted by Gasteiger charge is 2.23. The van der Waals surface area contributed by atoms with Crippen LogP contribution in [0.5, 0.6) is 0 Å². The molecule has 5 heteroatoms. The Labute approximate surface area is 124 Å². The highest BCUT2D eigenvalue weighted by Crippen LogP contribution is 2.33. The van der Waals surface area contributed by atoms with E-state index in [4.69, 9.17) is 5.73 Å². The van der Waals surface area contributed by atoms with Gasteiger partial charge in [-0.1, -0.05) is 0 Å². The largest absolute Gasteiger partial charge is 0.356 e. The molecule has 3 heterocycles. The summed E-state index contributed by atoms with van der Waals surface area (Å²) in [6.45, 7) is 6.42. The summed E-state index contributed by atoms with van der Waals surface area (Å²) in [5.41, 5.74) is 7.21. The molecule has 0 spiro atoms. The smallest absolute Gasteiger partial charge is 0.141 e. The summed E-state index contributed by atoms with van der Waals surface area (Å²) in [5.74, 6) is 1.89. The van der Waals surface area contributed by atoms with Crippen molar-refractivity contribution in [1.29, 1.82) is 0 Å². The number of hydrogen-bond donors (Lipinski definition) is 1. The van der Waals surface area contributed by atoms with E-state index in [-0.39, 0.29) is 0 Å². The van der Waals surface area contributed by atoms with Gasteiger partial charge in [-0.3, -0.25) is 0 Å². The summed E-state index contributed by atoms with van der Waals surface area (Å²) in [6.07, 6.45) is 5.28. The molecule has 1 aliphatic rings. The average Bonchev–Trinajstić information content (AvgIpc) is 2.81. The van der Waals surface area contributed by atoms with Gasteiger partial charge < -0.3 is 10.6 Å². The summed E-state index contributed by atoms with van der Waals surface area (Å²) >= 11 is 1.71. The first-order valence-electron chi connectivity index (χ1n) is 7.34. The van der Waals surface area contributed by atoms with Gasteiger partial charge in [-0.25, -0.2) is 9.97 Å². The molecular formula is C15H22N4S. The lowest BCUT2D eigenvalue weighted by atomic mass is 9.91. The number of nitrogens with two attached hydrogens (primary N) is 1. The second kappa shape index (κ2) is 5.66. The van der Waals surface area contributed by atoms with Gasteiger partial charge in [0.05, 0.1) is 5.39 Å². The van der Waals surface area contributed by atoms with Crippen molar-refractivity contribution >= 4 is 27.4 Å². The minimum absolute atomic E-state index is 0.316. The summed E-state index contributed by atoms with van der Waals surface area (Å²) in [6, 6.07) is 0.316. The van der Waals surface area contributed by atoms with E-state index in [9.17, 15) is 0 Å². The minimum Gasteiger partial charge on any atom is -0.356 e. The van der Waals surface area contributed by atoms with E-state index in [1.165, 1.54) is 23.8 Å². The highest BCUT2D eigenvalue weighted by molar-refractivity contribution is 7.17. The molecule has 0 bridgehead atoms. The number of nitrogens with zero attached hydrogens (tertiary/aromatic N) is 3. The first-order chi connectivity index (χ1) is 9.65. The highest BCUT2D eigenvalue weighted by atomic mass is 32.1. The molecule has 1 fully saturated rings. The topological polar surface area (TPSA) is 55.0 Å². The van der Waals surface area contributed by atoms with E-state index in [1.54, 1.807) is 17.7 Å². The molecule has 0 saturated carbocycles. The molecule has 1 unspecified atom stereocenters. The lowest BCUT2D eigenvalue weighted by molar-refractivity contribution is 0.360. The maximum Gasteiger partial charge on any atom is 0.141 e. The third-order valence-corrected chi connectivity index (χ3v) is 5.16. The maximum atomic E-state index is 5.92. The number of thiophene rings is 1. The maximum absolute atomic E-state index is 5.92. The molecule has 1 atom stereocenters. The van der Waals surface area contributed by atoms with Crippen LogP contribution in [0.25, 0.3) is 10.2 Å². The van der Waals surface area contributed by atoms with E-state index in [0.717, 1.165) is 36.1 Å². The minimum atomic E-state index is 0.316. The molecule has 2 aromatic heterocycles. The van der Waals surface area contributed by atoms with Crippen LogP contribution in [0, 0.1) is 12.8 Å². The molecule has 20 heavy (non-hydrogen) atoms. The van der Waals surface area contributed by atoms with Gasteiger partial charge in [-0.2, -0.15) is 0 Å². The lowest BCUT2D eigenvalue weighted by Crippen LogP contribution is -2.36. The zero-order valence-corrected chi connectivity index (χ0v) is 13.0. The number of fused-ring (bicyclic) bond motifs is 1. The molecule has 2 aromatic rings. The molecular weight excluding hydrogens is 268 g/mol. The van der Waals surface area contributed by atoms with Gasteiger partial charge in [0.25, 0.3) is 0 Å². The van der Waals surface area contributed by atoms with E-state index >= 15 is 0 Å². The predicted molar refractivity (Wildman–Crippen MR) is 85.4 cm³/mol. The van der Waals surface area contributed by atoms with Crippen molar-refractivity contribution in [3.63, 3.8) is 0 Å². The fourth-order valence-corrected chi connectivity index (χ4v) is 4.03. The van der Waals surface area contributed by atoms with Crippen molar-refractivity contribution in [1.82, 2.24) is 9.97 Å². The molecule has 4 nitrogen and oxygen atoms in total. The standard InChI is InChI=1S/C15H22N4S/c1-10-8-20-15-13(10)14(17-9-18-15)19-5-3-12(4-6-19)7-11(2)16/h8-9,11-12H,3-7,16H2,1-2H3. The van der Waals surface area contributed by atoms with Crippen molar-refractivity contribution in [2.24, 2.45) is 11.7 Å². The molecule has 108 valence electrons. The molecule has 2 N–H and O–H groups in total. The predicted octanol–water partition coefficient (Wildman–Crippen LogP) is 2.95. The normalized spacial score (nSPS) is 18.6. The number of anilines is 1. The van der Waals surface area contributed by atoms with Crippen molar-refractivity contribution in [3.05, 3.63) is 17.3 Å². The SMILES string of the molecule is Cc1csc2ncnc(N3CCC(CC(C)N)CC3)c12. The summed E-state index contributed by atoms with van der Waals surface area (Å²) in [4.78, 5) is 12.4. The van der Waals surface area contributed by atoms with E-state index in [1.807, 2.05) is 0 Å². The van der Waals surface area contributed by atoms with Crippen LogP contribution in [0.1, 0.15) is 31.7 Å². The second-order valence-electron chi connectivity index (χ2n) is 5.94. The Morgan fingerprint density at radius 2 is 2.15 bits per heavy atom. The molecule has 1 saturated heterocycles. The number of aromatic nitrogens is 2. The van der Waals surface area contributed by atoms with Crippen LogP contribution in [0.2, 0.25) is 0 Å². The van der Waals surface area contributed by atoms with Gasteiger partial charge in [0.15, 0.2) is 0 Å². The average molecular weight is 290 g/mol. The monoisotopic (exact) mass is 290 g/mol. The second-order valence-corrected chi connectivity index (χ2v) is 6.80. The van der Waals surface area contributed by atoms with Gasteiger partial charge >= 0.3 is 0 Å². The van der Waals surface area contributed by atoms with Crippen LogP contribution >= 0.6 is 11.3 Å². The Kier molecular flexibility index (Phi) is 3.89. The molecule has 1 aliphatic heterocycles. The summed E-state index contributed by atoms with van der Waals surface area (Å²) in [5, 5.41) is 3.41. The number of hydrogen-bond acceptors (Lipinski definition) is 5. The Hall–Kier alpha value is -1.20. The van der Waals surface area contributed by atoms with Gasteiger partial charge in [0.2, 0.25) is 0 Å². The Balaban J connectivity index is 1.78. The van der Waals surface area contributed by atoms with Crippen LogP contribution in [-0.4, -0.2) is 29.1 Å². The number of rotatable bonds is 3. The van der Waals surface area contributed by atoms with Crippen LogP contribution in [0.15, 0.2) is 11.7 Å². The van der Waals surface area contributed by atoms with E-state index in [2.05, 4.69) is 34.1 Å². The number of aryl methyl sites for hydroxylation is 1. The van der Waals surface area contributed by atoms with Crippen LogP contribution in [0.3, 0.4) is 0 Å². The van der Waals surface area contributed by atoms with Gasteiger partial charge in [0, 0.05) is 19.1 Å². The van der Waals surface area contributed by atoms with Gasteiger partial charge in [-0.05, 0) is 50.0 Å². The van der Waals surface area contributed by atoms with Crippen molar-refractivity contribution in [2.45, 2.75) is 39.2 Å². The Morgan fingerprint density at radius 1 is 1.40 bits per heavy atom.